The lowest BCUT2D eigenvalue weighted by Gasteiger charge is -2.27. The van der Waals surface area contributed by atoms with Crippen molar-refractivity contribution in [3.05, 3.63) is 23.8 Å². The van der Waals surface area contributed by atoms with E-state index in [0.717, 1.165) is 25.3 Å². The van der Waals surface area contributed by atoms with Gasteiger partial charge >= 0.3 is 0 Å². The number of ether oxygens (including phenoxy) is 1. The molecule has 1 aromatic carbocycles. The van der Waals surface area contributed by atoms with Crippen molar-refractivity contribution in [3.8, 4) is 5.75 Å². The number of anilines is 1. The summed E-state index contributed by atoms with van der Waals surface area (Å²) in [6.45, 7) is 6.52. The molecule has 0 aliphatic rings. The van der Waals surface area contributed by atoms with E-state index in [1.54, 1.807) is 7.11 Å². The van der Waals surface area contributed by atoms with Crippen molar-refractivity contribution in [2.45, 2.75) is 26.7 Å². The van der Waals surface area contributed by atoms with Gasteiger partial charge in [-0.2, -0.15) is 0 Å². The van der Waals surface area contributed by atoms with Crippen LogP contribution >= 0.6 is 0 Å². The van der Waals surface area contributed by atoms with Crippen LogP contribution in [0.25, 0.3) is 0 Å². The Morgan fingerprint density at radius 3 is 2.58 bits per heavy atom. The van der Waals surface area contributed by atoms with Crippen LogP contribution in [0.2, 0.25) is 0 Å². The molecule has 19 heavy (non-hydrogen) atoms. The molecule has 1 rings (SSSR count). The number of rotatable bonds is 8. The lowest BCUT2D eigenvalue weighted by molar-refractivity contribution is 0.412. The van der Waals surface area contributed by atoms with Crippen molar-refractivity contribution >= 4 is 5.69 Å². The molecule has 0 aliphatic carbocycles. The normalized spacial score (nSPS) is 12.3. The summed E-state index contributed by atoms with van der Waals surface area (Å²) in [7, 11) is 5.90. The second-order valence-electron chi connectivity index (χ2n) is 5.07. The van der Waals surface area contributed by atoms with E-state index in [2.05, 4.69) is 49.3 Å². The van der Waals surface area contributed by atoms with Crippen molar-refractivity contribution in [2.75, 3.05) is 39.2 Å². The van der Waals surface area contributed by atoms with E-state index in [1.807, 2.05) is 7.05 Å². The minimum absolute atomic E-state index is 0.657. The maximum Gasteiger partial charge on any atom is 0.142 e. The Labute approximate surface area is 118 Å². The van der Waals surface area contributed by atoms with Crippen LogP contribution in [0.4, 0.5) is 5.69 Å². The van der Waals surface area contributed by atoms with E-state index >= 15 is 0 Å². The summed E-state index contributed by atoms with van der Waals surface area (Å²) in [5.41, 5.74) is 2.54. The van der Waals surface area contributed by atoms with Crippen molar-refractivity contribution < 1.29 is 4.74 Å². The van der Waals surface area contributed by atoms with Crippen LogP contribution in [-0.2, 0) is 6.42 Å². The first-order valence-corrected chi connectivity index (χ1v) is 7.18. The third kappa shape index (κ3) is 4.43. The van der Waals surface area contributed by atoms with Crippen LogP contribution in [-0.4, -0.2) is 34.3 Å². The Balaban J connectivity index is 2.87. The molecular weight excluding hydrogens is 236 g/mol. The van der Waals surface area contributed by atoms with Gasteiger partial charge in [-0.15, -0.1) is 0 Å². The molecule has 0 aromatic heterocycles. The maximum atomic E-state index is 5.48. The molecule has 3 heteroatoms. The second-order valence-corrected chi connectivity index (χ2v) is 5.07. The molecule has 1 unspecified atom stereocenters. The quantitative estimate of drug-likeness (QED) is 0.781. The number of nitrogens with one attached hydrogen (secondary N) is 1. The third-order valence-corrected chi connectivity index (χ3v) is 3.66. The number of nitrogens with zero attached hydrogens (tertiary/aromatic N) is 1. The predicted molar refractivity (Wildman–Crippen MR) is 83.3 cm³/mol. The van der Waals surface area contributed by atoms with Gasteiger partial charge in [0, 0.05) is 13.6 Å². The monoisotopic (exact) mass is 264 g/mol. The Morgan fingerprint density at radius 1 is 1.32 bits per heavy atom. The zero-order valence-electron chi connectivity index (χ0n) is 13.0. The SMILES string of the molecule is CCc1ccc(OC)c(N(C)CC(CC)CNC)c1. The van der Waals surface area contributed by atoms with Gasteiger partial charge in [-0.3, -0.25) is 0 Å². The molecule has 1 aromatic rings. The van der Waals surface area contributed by atoms with Gasteiger partial charge in [0.2, 0.25) is 0 Å². The zero-order valence-corrected chi connectivity index (χ0v) is 13.0. The molecule has 0 saturated carbocycles. The van der Waals surface area contributed by atoms with Gasteiger partial charge in [-0.25, -0.2) is 0 Å². The third-order valence-electron chi connectivity index (χ3n) is 3.66. The van der Waals surface area contributed by atoms with E-state index in [9.17, 15) is 0 Å². The first-order chi connectivity index (χ1) is 9.15. The van der Waals surface area contributed by atoms with Crippen LogP contribution in [0.1, 0.15) is 25.8 Å². The van der Waals surface area contributed by atoms with E-state index in [4.69, 9.17) is 4.74 Å². The van der Waals surface area contributed by atoms with E-state index in [1.165, 1.54) is 17.7 Å². The Kier molecular flexibility index (Phi) is 6.71. The van der Waals surface area contributed by atoms with Gasteiger partial charge in [-0.05, 0) is 43.6 Å². The summed E-state index contributed by atoms with van der Waals surface area (Å²) in [6.07, 6.45) is 2.24. The molecular formula is C16H28N2O. The maximum absolute atomic E-state index is 5.48. The smallest absolute Gasteiger partial charge is 0.142 e. The molecule has 108 valence electrons. The fraction of sp³-hybridized carbons (Fsp3) is 0.625. The van der Waals surface area contributed by atoms with E-state index in [-0.39, 0.29) is 0 Å². The van der Waals surface area contributed by atoms with Crippen LogP contribution in [0.3, 0.4) is 0 Å². The minimum Gasteiger partial charge on any atom is -0.495 e. The molecule has 0 bridgehead atoms. The Morgan fingerprint density at radius 2 is 2.05 bits per heavy atom. The van der Waals surface area contributed by atoms with Crippen LogP contribution < -0.4 is 15.0 Å². The highest BCUT2D eigenvalue weighted by molar-refractivity contribution is 5.59. The minimum atomic E-state index is 0.657. The van der Waals surface area contributed by atoms with Crippen molar-refractivity contribution in [1.29, 1.82) is 0 Å². The molecule has 0 fully saturated rings. The topological polar surface area (TPSA) is 24.5 Å². The van der Waals surface area contributed by atoms with E-state index in [0.29, 0.717) is 5.92 Å². The molecule has 0 amide bonds. The van der Waals surface area contributed by atoms with Gasteiger partial charge < -0.3 is 15.0 Å². The summed E-state index contributed by atoms with van der Waals surface area (Å²) in [5, 5.41) is 3.27. The predicted octanol–water partition coefficient (Wildman–Crippen LogP) is 2.94. The number of methoxy groups -OCH3 is 1. The highest BCUT2D eigenvalue weighted by Crippen LogP contribution is 2.29. The van der Waals surface area contributed by atoms with Gasteiger partial charge in [0.25, 0.3) is 0 Å². The molecule has 1 atom stereocenters. The van der Waals surface area contributed by atoms with Crippen molar-refractivity contribution in [2.24, 2.45) is 5.92 Å². The lowest BCUT2D eigenvalue weighted by Crippen LogP contribution is -2.31. The van der Waals surface area contributed by atoms with Gasteiger partial charge in [-0.1, -0.05) is 26.3 Å². The first kappa shape index (κ1) is 15.8. The largest absolute Gasteiger partial charge is 0.495 e. The first-order valence-electron chi connectivity index (χ1n) is 7.18. The number of aryl methyl sites for hydroxylation is 1. The molecule has 3 nitrogen and oxygen atoms in total. The summed E-state index contributed by atoms with van der Waals surface area (Å²) in [5.74, 6) is 1.61. The van der Waals surface area contributed by atoms with Crippen molar-refractivity contribution in [1.82, 2.24) is 5.32 Å². The highest BCUT2D eigenvalue weighted by atomic mass is 16.5. The Hall–Kier alpha value is -1.22. The summed E-state index contributed by atoms with van der Waals surface area (Å²) < 4.78 is 5.48. The summed E-state index contributed by atoms with van der Waals surface area (Å²) >= 11 is 0. The zero-order chi connectivity index (χ0) is 14.3. The average Bonchev–Trinajstić information content (AvgIpc) is 2.45. The second kappa shape index (κ2) is 8.05. The van der Waals surface area contributed by atoms with Crippen LogP contribution in [0.15, 0.2) is 18.2 Å². The van der Waals surface area contributed by atoms with Crippen molar-refractivity contribution in [3.63, 3.8) is 0 Å². The molecule has 0 spiro atoms. The van der Waals surface area contributed by atoms with Gasteiger partial charge in [0.15, 0.2) is 0 Å². The summed E-state index contributed by atoms with van der Waals surface area (Å²) in [4.78, 5) is 2.31. The van der Waals surface area contributed by atoms with Gasteiger partial charge in [0.05, 0.1) is 12.8 Å². The van der Waals surface area contributed by atoms with Crippen LogP contribution in [0, 0.1) is 5.92 Å². The average molecular weight is 264 g/mol. The fourth-order valence-corrected chi connectivity index (χ4v) is 2.37. The Bertz CT molecular complexity index is 379. The standard InChI is InChI=1S/C16H28N2O/c1-6-13-8-9-16(19-5)15(10-13)18(4)12-14(7-2)11-17-3/h8-10,14,17H,6-7,11-12H2,1-5H3. The number of benzene rings is 1. The van der Waals surface area contributed by atoms with Crippen LogP contribution in [0.5, 0.6) is 5.75 Å². The fourth-order valence-electron chi connectivity index (χ4n) is 2.37. The van der Waals surface area contributed by atoms with Gasteiger partial charge in [0.1, 0.15) is 5.75 Å². The van der Waals surface area contributed by atoms with E-state index < -0.39 is 0 Å². The molecule has 0 saturated heterocycles. The molecule has 0 radical (unpaired) electrons. The number of hydrogen-bond donors (Lipinski definition) is 1. The lowest BCUT2D eigenvalue weighted by atomic mass is 10.1. The molecule has 1 N–H and O–H groups in total. The number of hydrogen-bond acceptors (Lipinski definition) is 3. The molecule has 0 aliphatic heterocycles. The highest BCUT2D eigenvalue weighted by Gasteiger charge is 2.13. The molecule has 0 heterocycles. The summed E-state index contributed by atoms with van der Waals surface area (Å²) in [6, 6.07) is 6.45.